The number of rotatable bonds is 4. The van der Waals surface area contributed by atoms with Crippen molar-refractivity contribution in [1.82, 2.24) is 14.8 Å². The van der Waals surface area contributed by atoms with Crippen LogP contribution in [0.2, 0.25) is 0 Å². The number of sulfonamides is 1. The van der Waals surface area contributed by atoms with Crippen LogP contribution in [0.5, 0.6) is 0 Å². The molecule has 0 saturated heterocycles. The van der Waals surface area contributed by atoms with Crippen LogP contribution >= 0.6 is 0 Å². The van der Waals surface area contributed by atoms with Gasteiger partial charge >= 0.3 is 0 Å². The SMILES string of the molecule is Cc1cc(C)c(S(=O)(=O)NNC(=O)c2cn(C)c3ccccc23)c(C)c1. The van der Waals surface area contributed by atoms with E-state index in [0.29, 0.717) is 16.7 Å². The van der Waals surface area contributed by atoms with Gasteiger partial charge in [0.25, 0.3) is 15.9 Å². The molecule has 0 aliphatic heterocycles. The van der Waals surface area contributed by atoms with Crippen LogP contribution in [0.25, 0.3) is 10.9 Å². The Balaban J connectivity index is 1.87. The first-order valence-corrected chi connectivity index (χ1v) is 9.63. The lowest BCUT2D eigenvalue weighted by atomic mass is 10.1. The number of aromatic nitrogens is 1. The second-order valence-electron chi connectivity index (χ2n) is 6.46. The Hall–Kier alpha value is -2.64. The lowest BCUT2D eigenvalue weighted by Crippen LogP contribution is -2.42. The number of nitrogens with zero attached hydrogens (tertiary/aromatic N) is 1. The number of hydrogen-bond donors (Lipinski definition) is 2. The lowest BCUT2D eigenvalue weighted by molar-refractivity contribution is 0.0946. The van der Waals surface area contributed by atoms with E-state index in [2.05, 4.69) is 10.3 Å². The number of para-hydroxylation sites is 1. The number of amides is 1. The van der Waals surface area contributed by atoms with E-state index in [1.165, 1.54) is 0 Å². The summed E-state index contributed by atoms with van der Waals surface area (Å²) in [5.41, 5.74) is 5.87. The minimum atomic E-state index is -3.88. The quantitative estimate of drug-likeness (QED) is 0.692. The van der Waals surface area contributed by atoms with E-state index in [1.54, 1.807) is 32.2 Å². The zero-order valence-electron chi connectivity index (χ0n) is 15.1. The first-order valence-electron chi connectivity index (χ1n) is 8.15. The van der Waals surface area contributed by atoms with E-state index in [0.717, 1.165) is 16.5 Å². The number of carbonyl (C=O) groups excluding carboxylic acids is 1. The van der Waals surface area contributed by atoms with Crippen LogP contribution in [-0.2, 0) is 17.1 Å². The van der Waals surface area contributed by atoms with Crippen molar-refractivity contribution < 1.29 is 13.2 Å². The summed E-state index contributed by atoms with van der Waals surface area (Å²) in [6, 6.07) is 11.0. The second kappa shape index (κ2) is 6.59. The highest BCUT2D eigenvalue weighted by atomic mass is 32.2. The molecule has 6 nitrogen and oxygen atoms in total. The molecule has 7 heteroatoms. The van der Waals surface area contributed by atoms with Gasteiger partial charge in [-0.15, -0.1) is 4.83 Å². The van der Waals surface area contributed by atoms with E-state index in [9.17, 15) is 13.2 Å². The van der Waals surface area contributed by atoms with Crippen molar-refractivity contribution in [3.05, 3.63) is 64.8 Å². The molecule has 0 atom stereocenters. The molecule has 0 fully saturated rings. The van der Waals surface area contributed by atoms with E-state index in [1.807, 2.05) is 42.8 Å². The Morgan fingerprint density at radius 3 is 2.31 bits per heavy atom. The Labute approximate surface area is 152 Å². The molecule has 0 aliphatic carbocycles. The molecule has 1 heterocycles. The van der Waals surface area contributed by atoms with Gasteiger partial charge in [-0.1, -0.05) is 35.9 Å². The van der Waals surface area contributed by atoms with Gasteiger partial charge in [0.05, 0.1) is 10.5 Å². The van der Waals surface area contributed by atoms with E-state index < -0.39 is 15.9 Å². The van der Waals surface area contributed by atoms with Crippen molar-refractivity contribution in [2.45, 2.75) is 25.7 Å². The molecule has 136 valence electrons. The van der Waals surface area contributed by atoms with Crippen molar-refractivity contribution in [2.75, 3.05) is 0 Å². The summed E-state index contributed by atoms with van der Waals surface area (Å²) in [6.07, 6.45) is 1.68. The summed E-state index contributed by atoms with van der Waals surface area (Å²) >= 11 is 0. The Morgan fingerprint density at radius 1 is 1.04 bits per heavy atom. The Bertz CT molecular complexity index is 1090. The number of aryl methyl sites for hydroxylation is 4. The molecule has 0 unspecified atom stereocenters. The highest BCUT2D eigenvalue weighted by Crippen LogP contribution is 2.22. The average molecular weight is 371 g/mol. The number of benzene rings is 2. The van der Waals surface area contributed by atoms with Gasteiger partial charge in [0.2, 0.25) is 0 Å². The number of hydrogen-bond acceptors (Lipinski definition) is 3. The summed E-state index contributed by atoms with van der Waals surface area (Å²) < 4.78 is 27.1. The molecule has 1 amide bonds. The monoisotopic (exact) mass is 371 g/mol. The predicted octanol–water partition coefficient (Wildman–Crippen LogP) is 2.73. The zero-order chi connectivity index (χ0) is 19.1. The van der Waals surface area contributed by atoms with Gasteiger partial charge in [-0.25, -0.2) is 8.42 Å². The first kappa shape index (κ1) is 18.2. The van der Waals surface area contributed by atoms with Crippen LogP contribution in [-0.4, -0.2) is 18.9 Å². The van der Waals surface area contributed by atoms with E-state index in [-0.39, 0.29) is 4.90 Å². The maximum absolute atomic E-state index is 12.7. The topological polar surface area (TPSA) is 80.2 Å². The molecule has 1 aromatic heterocycles. The molecular weight excluding hydrogens is 350 g/mol. The van der Waals surface area contributed by atoms with Gasteiger partial charge in [-0.2, -0.15) is 0 Å². The molecule has 2 aromatic carbocycles. The van der Waals surface area contributed by atoms with Crippen molar-refractivity contribution in [3.8, 4) is 0 Å². The van der Waals surface area contributed by atoms with Crippen LogP contribution in [0.15, 0.2) is 47.5 Å². The minimum absolute atomic E-state index is 0.182. The van der Waals surface area contributed by atoms with Gasteiger partial charge < -0.3 is 4.57 Å². The van der Waals surface area contributed by atoms with Gasteiger partial charge in [0, 0.05) is 24.1 Å². The summed E-state index contributed by atoms with van der Waals surface area (Å²) in [4.78, 5) is 14.9. The van der Waals surface area contributed by atoms with Crippen LogP contribution in [0.4, 0.5) is 0 Å². The standard InChI is InChI=1S/C19H21N3O3S/c1-12-9-13(2)18(14(3)10-12)26(24,25)21-20-19(23)16-11-22(4)17-8-6-5-7-15(16)17/h5-11,21H,1-4H3,(H,20,23). The Morgan fingerprint density at radius 2 is 1.65 bits per heavy atom. The summed E-state index contributed by atoms with van der Waals surface area (Å²) in [7, 11) is -2.04. The van der Waals surface area contributed by atoms with Crippen molar-refractivity contribution in [2.24, 2.45) is 7.05 Å². The number of nitrogens with one attached hydrogen (secondary N) is 2. The highest BCUT2D eigenvalue weighted by Gasteiger charge is 2.22. The molecule has 3 rings (SSSR count). The van der Waals surface area contributed by atoms with E-state index in [4.69, 9.17) is 0 Å². The molecule has 0 saturated carbocycles. The number of carbonyl (C=O) groups is 1. The third kappa shape index (κ3) is 3.23. The Kier molecular flexibility index (Phi) is 4.60. The van der Waals surface area contributed by atoms with Crippen molar-refractivity contribution >= 4 is 26.8 Å². The number of hydrazine groups is 1. The van der Waals surface area contributed by atoms with Crippen LogP contribution in [0.1, 0.15) is 27.0 Å². The summed E-state index contributed by atoms with van der Waals surface area (Å²) in [5, 5.41) is 0.759. The lowest BCUT2D eigenvalue weighted by Gasteiger charge is -2.13. The number of fused-ring (bicyclic) bond motifs is 1. The largest absolute Gasteiger partial charge is 0.350 e. The molecule has 0 radical (unpaired) electrons. The zero-order valence-corrected chi connectivity index (χ0v) is 15.9. The third-order valence-corrected chi connectivity index (χ3v) is 5.87. The molecule has 0 aliphatic rings. The van der Waals surface area contributed by atoms with Crippen LogP contribution in [0, 0.1) is 20.8 Å². The van der Waals surface area contributed by atoms with Gasteiger partial charge in [-0.05, 0) is 38.0 Å². The maximum Gasteiger partial charge on any atom is 0.268 e. The summed E-state index contributed by atoms with van der Waals surface area (Å²) in [5.74, 6) is -0.507. The summed E-state index contributed by atoms with van der Waals surface area (Å²) in [6.45, 7) is 5.38. The van der Waals surface area contributed by atoms with Crippen molar-refractivity contribution in [1.29, 1.82) is 0 Å². The van der Waals surface area contributed by atoms with Gasteiger partial charge in [-0.3, -0.25) is 10.2 Å². The van der Waals surface area contributed by atoms with Gasteiger partial charge in [0.15, 0.2) is 0 Å². The molecule has 0 spiro atoms. The highest BCUT2D eigenvalue weighted by molar-refractivity contribution is 7.89. The van der Waals surface area contributed by atoms with Gasteiger partial charge in [0.1, 0.15) is 0 Å². The molecule has 2 N–H and O–H groups in total. The first-order chi connectivity index (χ1) is 12.2. The predicted molar refractivity (Wildman–Crippen MR) is 101 cm³/mol. The molecule has 0 bridgehead atoms. The van der Waals surface area contributed by atoms with Crippen LogP contribution < -0.4 is 10.3 Å². The third-order valence-electron chi connectivity index (χ3n) is 4.31. The minimum Gasteiger partial charge on any atom is -0.350 e. The van der Waals surface area contributed by atoms with Crippen LogP contribution in [0.3, 0.4) is 0 Å². The maximum atomic E-state index is 12.7. The molecule has 26 heavy (non-hydrogen) atoms. The van der Waals surface area contributed by atoms with E-state index >= 15 is 0 Å². The fraction of sp³-hybridized carbons (Fsp3) is 0.211. The fourth-order valence-corrected chi connectivity index (χ4v) is 4.64. The average Bonchev–Trinajstić information content (AvgIpc) is 2.89. The van der Waals surface area contributed by atoms with Crippen molar-refractivity contribution in [3.63, 3.8) is 0 Å². The fourth-order valence-electron chi connectivity index (χ4n) is 3.35. The second-order valence-corrected chi connectivity index (χ2v) is 8.08. The molecular formula is C19H21N3O3S. The smallest absolute Gasteiger partial charge is 0.268 e. The molecule has 3 aromatic rings. The normalized spacial score (nSPS) is 11.7.